The second-order valence-electron chi connectivity index (χ2n) is 7.31. The Bertz CT molecular complexity index is 899. The number of rotatable bonds is 6. The smallest absolute Gasteiger partial charge is 0.246 e. The second-order valence-corrected chi connectivity index (χ2v) is 7.71. The Hall–Kier alpha value is -2.44. The summed E-state index contributed by atoms with van der Waals surface area (Å²) in [5.74, 6) is 1.72. The molecule has 1 aliphatic heterocycles. The van der Waals surface area contributed by atoms with Crippen LogP contribution in [0.3, 0.4) is 0 Å². The van der Waals surface area contributed by atoms with E-state index in [9.17, 15) is 4.79 Å². The van der Waals surface area contributed by atoms with Crippen LogP contribution in [-0.2, 0) is 11.3 Å². The molecule has 1 atom stereocenters. The standard InChI is InChI=1S/C21H26ClN5O.C2H6/c1-13(2)21(28)25-11-17-10-24-19(16-5-4-14(3)18(22)8-16)26-20(17)27-7-6-15(9-23)12-27;1-2/h4-5,8,10,15H,1,6-7,9,11-12,23H2,2-3H3,(H,25,28);1-2H3. The molecule has 0 spiro atoms. The van der Waals surface area contributed by atoms with Crippen LogP contribution in [0.15, 0.2) is 36.5 Å². The summed E-state index contributed by atoms with van der Waals surface area (Å²) >= 11 is 6.28. The SMILES string of the molecule is C=C(C)C(=O)NCc1cnc(-c2ccc(C)c(Cl)c2)nc1N1CCC(CN)C1.CC. The van der Waals surface area contributed by atoms with Crippen molar-refractivity contribution in [1.82, 2.24) is 15.3 Å². The Labute approximate surface area is 184 Å². The zero-order valence-corrected chi connectivity index (χ0v) is 19.1. The van der Waals surface area contributed by atoms with Gasteiger partial charge in [0, 0.05) is 47.6 Å². The Morgan fingerprint density at radius 3 is 2.73 bits per heavy atom. The van der Waals surface area contributed by atoms with Crippen molar-refractivity contribution in [3.05, 3.63) is 52.7 Å². The van der Waals surface area contributed by atoms with Gasteiger partial charge in [-0.1, -0.05) is 44.2 Å². The van der Waals surface area contributed by atoms with Crippen LogP contribution in [0.4, 0.5) is 5.82 Å². The van der Waals surface area contributed by atoms with Crippen molar-refractivity contribution < 1.29 is 4.79 Å². The number of carbonyl (C=O) groups excluding carboxylic acids is 1. The molecule has 7 heteroatoms. The first kappa shape index (κ1) is 23.8. The highest BCUT2D eigenvalue weighted by Crippen LogP contribution is 2.29. The number of anilines is 1. The fraction of sp³-hybridized carbons (Fsp3) is 0.435. The summed E-state index contributed by atoms with van der Waals surface area (Å²) in [6, 6.07) is 5.81. The molecule has 3 rings (SSSR count). The average molecular weight is 430 g/mol. The summed E-state index contributed by atoms with van der Waals surface area (Å²) in [6.45, 7) is 14.1. The zero-order chi connectivity index (χ0) is 22.3. The molecule has 6 nitrogen and oxygen atoms in total. The molecule has 3 N–H and O–H groups in total. The molecule has 30 heavy (non-hydrogen) atoms. The molecule has 1 saturated heterocycles. The predicted molar refractivity (Wildman–Crippen MR) is 125 cm³/mol. The number of carbonyl (C=O) groups is 1. The third-order valence-electron chi connectivity index (χ3n) is 5.02. The lowest BCUT2D eigenvalue weighted by atomic mass is 10.1. The second kappa shape index (κ2) is 11.1. The Kier molecular flexibility index (Phi) is 8.81. The van der Waals surface area contributed by atoms with E-state index in [4.69, 9.17) is 22.3 Å². The third kappa shape index (κ3) is 5.80. The Balaban J connectivity index is 0.00000155. The highest BCUT2D eigenvalue weighted by atomic mass is 35.5. The van der Waals surface area contributed by atoms with Gasteiger partial charge in [0.25, 0.3) is 0 Å². The lowest BCUT2D eigenvalue weighted by Crippen LogP contribution is -2.28. The molecule has 0 radical (unpaired) electrons. The summed E-state index contributed by atoms with van der Waals surface area (Å²) < 4.78 is 0. The van der Waals surface area contributed by atoms with Crippen molar-refractivity contribution in [2.24, 2.45) is 11.7 Å². The van der Waals surface area contributed by atoms with E-state index in [2.05, 4.69) is 21.8 Å². The lowest BCUT2D eigenvalue weighted by Gasteiger charge is -2.21. The molecule has 2 heterocycles. The van der Waals surface area contributed by atoms with Crippen LogP contribution in [0.5, 0.6) is 0 Å². The summed E-state index contributed by atoms with van der Waals surface area (Å²) in [5, 5.41) is 3.56. The van der Waals surface area contributed by atoms with Crippen molar-refractivity contribution in [2.45, 2.75) is 40.7 Å². The molecule has 1 amide bonds. The maximum atomic E-state index is 11.9. The van der Waals surface area contributed by atoms with Gasteiger partial charge in [-0.25, -0.2) is 9.97 Å². The van der Waals surface area contributed by atoms with Gasteiger partial charge in [0.15, 0.2) is 5.82 Å². The fourth-order valence-corrected chi connectivity index (χ4v) is 3.39. The first-order valence-electron chi connectivity index (χ1n) is 10.4. The van der Waals surface area contributed by atoms with Gasteiger partial charge in [-0.3, -0.25) is 4.79 Å². The number of aromatic nitrogens is 2. The minimum atomic E-state index is -0.179. The van der Waals surface area contributed by atoms with Gasteiger partial charge in [-0.15, -0.1) is 0 Å². The van der Waals surface area contributed by atoms with Gasteiger partial charge in [0.05, 0.1) is 0 Å². The number of nitrogens with zero attached hydrogens (tertiary/aromatic N) is 3. The van der Waals surface area contributed by atoms with E-state index in [1.807, 2.05) is 39.0 Å². The van der Waals surface area contributed by atoms with Gasteiger partial charge >= 0.3 is 0 Å². The molecular formula is C23H32ClN5O. The molecule has 1 aromatic heterocycles. The van der Waals surface area contributed by atoms with Gasteiger partial charge in [-0.05, 0) is 44.4 Å². The van der Waals surface area contributed by atoms with E-state index in [1.54, 1.807) is 13.1 Å². The third-order valence-corrected chi connectivity index (χ3v) is 5.42. The number of halogens is 1. The van der Waals surface area contributed by atoms with Crippen molar-refractivity contribution in [2.75, 3.05) is 24.5 Å². The van der Waals surface area contributed by atoms with Crippen molar-refractivity contribution in [3.8, 4) is 11.4 Å². The quantitative estimate of drug-likeness (QED) is 0.675. The van der Waals surface area contributed by atoms with E-state index >= 15 is 0 Å². The Morgan fingerprint density at radius 2 is 2.13 bits per heavy atom. The minimum Gasteiger partial charge on any atom is -0.356 e. The molecule has 1 fully saturated rings. The van der Waals surface area contributed by atoms with Crippen LogP contribution in [0.2, 0.25) is 5.02 Å². The van der Waals surface area contributed by atoms with Crippen molar-refractivity contribution >= 4 is 23.3 Å². The first-order chi connectivity index (χ1) is 14.4. The first-order valence-corrected chi connectivity index (χ1v) is 10.8. The topological polar surface area (TPSA) is 84.1 Å². The van der Waals surface area contributed by atoms with Gasteiger partial charge in [0.2, 0.25) is 5.91 Å². The van der Waals surface area contributed by atoms with E-state index in [-0.39, 0.29) is 5.91 Å². The number of hydrogen-bond donors (Lipinski definition) is 2. The van der Waals surface area contributed by atoms with Gasteiger partial charge in [0.1, 0.15) is 5.82 Å². The highest BCUT2D eigenvalue weighted by molar-refractivity contribution is 6.31. The molecule has 1 aromatic carbocycles. The number of amides is 1. The molecule has 1 unspecified atom stereocenters. The highest BCUT2D eigenvalue weighted by Gasteiger charge is 2.25. The predicted octanol–water partition coefficient (Wildman–Crippen LogP) is 4.11. The summed E-state index contributed by atoms with van der Waals surface area (Å²) in [5.41, 5.74) is 9.07. The molecule has 0 bridgehead atoms. The fourth-order valence-electron chi connectivity index (χ4n) is 3.21. The monoisotopic (exact) mass is 429 g/mol. The van der Waals surface area contributed by atoms with E-state index in [0.29, 0.717) is 35.4 Å². The number of aryl methyl sites for hydroxylation is 1. The molecule has 0 aliphatic carbocycles. The van der Waals surface area contributed by atoms with Crippen LogP contribution >= 0.6 is 11.6 Å². The summed E-state index contributed by atoms with van der Waals surface area (Å²) in [7, 11) is 0. The van der Waals surface area contributed by atoms with Gasteiger partial charge in [-0.2, -0.15) is 0 Å². The average Bonchev–Trinajstić information content (AvgIpc) is 3.24. The van der Waals surface area contributed by atoms with E-state index in [0.717, 1.165) is 42.0 Å². The van der Waals surface area contributed by atoms with Crippen molar-refractivity contribution in [3.63, 3.8) is 0 Å². The number of benzene rings is 1. The lowest BCUT2D eigenvalue weighted by molar-refractivity contribution is -0.117. The van der Waals surface area contributed by atoms with Crippen LogP contribution in [0, 0.1) is 12.8 Å². The molecular weight excluding hydrogens is 398 g/mol. The van der Waals surface area contributed by atoms with E-state index < -0.39 is 0 Å². The Morgan fingerprint density at radius 1 is 1.40 bits per heavy atom. The number of nitrogens with two attached hydrogens (primary N) is 1. The van der Waals surface area contributed by atoms with Crippen LogP contribution in [0.25, 0.3) is 11.4 Å². The summed E-state index contributed by atoms with van der Waals surface area (Å²) in [6.07, 6.45) is 2.81. The van der Waals surface area contributed by atoms with Crippen LogP contribution < -0.4 is 16.0 Å². The van der Waals surface area contributed by atoms with Crippen LogP contribution in [0.1, 0.15) is 38.3 Å². The van der Waals surface area contributed by atoms with Gasteiger partial charge < -0.3 is 16.0 Å². The van der Waals surface area contributed by atoms with Crippen LogP contribution in [-0.4, -0.2) is 35.5 Å². The van der Waals surface area contributed by atoms with E-state index in [1.165, 1.54) is 0 Å². The number of hydrogen-bond acceptors (Lipinski definition) is 5. The minimum absolute atomic E-state index is 0.179. The largest absolute Gasteiger partial charge is 0.356 e. The summed E-state index contributed by atoms with van der Waals surface area (Å²) in [4.78, 5) is 23.5. The molecule has 162 valence electrons. The maximum Gasteiger partial charge on any atom is 0.246 e. The molecule has 2 aromatic rings. The normalized spacial score (nSPS) is 15.4. The molecule has 0 saturated carbocycles. The number of nitrogens with one attached hydrogen (secondary N) is 1. The maximum absolute atomic E-state index is 11.9. The van der Waals surface area contributed by atoms with Crippen molar-refractivity contribution in [1.29, 1.82) is 0 Å². The zero-order valence-electron chi connectivity index (χ0n) is 18.3. The molecule has 1 aliphatic rings.